The van der Waals surface area contributed by atoms with Gasteiger partial charge in [-0.2, -0.15) is 0 Å². The number of ether oxygens (including phenoxy) is 1. The van der Waals surface area contributed by atoms with E-state index in [9.17, 15) is 0 Å². The highest BCUT2D eigenvalue weighted by atomic mass is 32.1. The van der Waals surface area contributed by atoms with Crippen LogP contribution in [0.25, 0.3) is 0 Å². The van der Waals surface area contributed by atoms with Gasteiger partial charge in [-0.1, -0.05) is 30.3 Å². The van der Waals surface area contributed by atoms with Crippen LogP contribution in [0.2, 0.25) is 0 Å². The van der Waals surface area contributed by atoms with Crippen molar-refractivity contribution in [2.75, 3.05) is 19.1 Å². The third-order valence-electron chi connectivity index (χ3n) is 3.53. The van der Waals surface area contributed by atoms with E-state index in [2.05, 4.69) is 22.5 Å². The molecule has 0 bridgehead atoms. The Kier molecular flexibility index (Phi) is 3.77. The largest absolute Gasteiger partial charge is 0.497 e. The van der Waals surface area contributed by atoms with Crippen LogP contribution >= 0.6 is 12.2 Å². The molecular formula is C16H17N3OS. The zero-order chi connectivity index (χ0) is 14.8. The summed E-state index contributed by atoms with van der Waals surface area (Å²) in [5, 5.41) is 2.62. The molecule has 1 heterocycles. The summed E-state index contributed by atoms with van der Waals surface area (Å²) in [7, 11) is 3.60. The van der Waals surface area contributed by atoms with Crippen molar-refractivity contribution in [1.29, 1.82) is 0 Å². The average Bonchev–Trinajstić information content (AvgIpc) is 2.84. The van der Waals surface area contributed by atoms with Gasteiger partial charge in [0.15, 0.2) is 5.11 Å². The van der Waals surface area contributed by atoms with Gasteiger partial charge in [0.2, 0.25) is 0 Å². The Morgan fingerprint density at radius 1 is 1.05 bits per heavy atom. The molecule has 0 aliphatic carbocycles. The normalized spacial score (nSPS) is 18.2. The molecule has 5 heteroatoms. The Labute approximate surface area is 129 Å². The number of thiocarbonyl (C=S) groups is 1. The van der Waals surface area contributed by atoms with Gasteiger partial charge >= 0.3 is 0 Å². The molecule has 1 N–H and O–H groups in total. The summed E-state index contributed by atoms with van der Waals surface area (Å²) in [6.07, 6.45) is -0.0178. The second kappa shape index (κ2) is 5.71. The number of rotatable bonds is 3. The number of hydrogen-bond donors (Lipinski definition) is 1. The third-order valence-corrected chi connectivity index (χ3v) is 4.00. The summed E-state index contributed by atoms with van der Waals surface area (Å²) in [6.45, 7) is 0. The first kappa shape index (κ1) is 13.9. The smallest absolute Gasteiger partial charge is 0.192 e. The van der Waals surface area contributed by atoms with Crippen molar-refractivity contribution in [3.63, 3.8) is 0 Å². The number of hydrazine groups is 1. The molecule has 0 saturated carbocycles. The predicted molar refractivity (Wildman–Crippen MR) is 88.2 cm³/mol. The van der Waals surface area contributed by atoms with Gasteiger partial charge < -0.3 is 4.74 Å². The minimum atomic E-state index is -0.0178. The molecule has 0 amide bonds. The topological polar surface area (TPSA) is 27.7 Å². The molecule has 1 saturated heterocycles. The third kappa shape index (κ3) is 2.57. The zero-order valence-electron chi connectivity index (χ0n) is 12.0. The molecule has 3 rings (SSSR count). The highest BCUT2D eigenvalue weighted by Gasteiger charge is 2.33. The number of anilines is 1. The SMILES string of the molecule is COc1ccc(C2NN(C)C(=S)N2c2ccccc2)cc1. The van der Waals surface area contributed by atoms with E-state index in [-0.39, 0.29) is 6.17 Å². The van der Waals surface area contributed by atoms with E-state index in [1.165, 1.54) is 0 Å². The molecule has 108 valence electrons. The summed E-state index contributed by atoms with van der Waals surface area (Å²) < 4.78 is 5.22. The molecule has 1 aliphatic heterocycles. The second-order valence-electron chi connectivity index (χ2n) is 4.85. The van der Waals surface area contributed by atoms with Crippen LogP contribution in [0, 0.1) is 0 Å². The van der Waals surface area contributed by atoms with Crippen molar-refractivity contribution in [2.24, 2.45) is 0 Å². The number of hydrogen-bond acceptors (Lipinski definition) is 3. The van der Waals surface area contributed by atoms with E-state index < -0.39 is 0 Å². The highest BCUT2D eigenvalue weighted by molar-refractivity contribution is 7.80. The minimum absolute atomic E-state index is 0.0178. The fraction of sp³-hybridized carbons (Fsp3) is 0.188. The van der Waals surface area contributed by atoms with Crippen LogP contribution in [-0.4, -0.2) is 24.3 Å². The molecule has 2 aromatic rings. The lowest BCUT2D eigenvalue weighted by Gasteiger charge is -2.24. The summed E-state index contributed by atoms with van der Waals surface area (Å²) in [5.74, 6) is 0.846. The molecule has 1 fully saturated rings. The molecule has 4 nitrogen and oxygen atoms in total. The molecule has 1 aliphatic rings. The molecule has 0 aromatic heterocycles. The maximum Gasteiger partial charge on any atom is 0.192 e. The molecule has 0 radical (unpaired) electrons. The van der Waals surface area contributed by atoms with Crippen LogP contribution in [0.5, 0.6) is 5.75 Å². The summed E-state index contributed by atoms with van der Waals surface area (Å²) in [4.78, 5) is 2.11. The summed E-state index contributed by atoms with van der Waals surface area (Å²) in [5.41, 5.74) is 5.58. The summed E-state index contributed by atoms with van der Waals surface area (Å²) in [6, 6.07) is 18.2. The summed E-state index contributed by atoms with van der Waals surface area (Å²) >= 11 is 5.54. The van der Waals surface area contributed by atoms with Gasteiger partial charge in [0.1, 0.15) is 11.9 Å². The Hall–Kier alpha value is -2.11. The van der Waals surface area contributed by atoms with E-state index in [0.717, 1.165) is 22.1 Å². The van der Waals surface area contributed by atoms with E-state index >= 15 is 0 Å². The van der Waals surface area contributed by atoms with Crippen molar-refractivity contribution in [2.45, 2.75) is 6.17 Å². The molecular weight excluding hydrogens is 282 g/mol. The Morgan fingerprint density at radius 3 is 2.33 bits per heavy atom. The Morgan fingerprint density at radius 2 is 1.71 bits per heavy atom. The van der Waals surface area contributed by atoms with Crippen molar-refractivity contribution >= 4 is 23.0 Å². The average molecular weight is 299 g/mol. The highest BCUT2D eigenvalue weighted by Crippen LogP contribution is 2.31. The maximum atomic E-state index is 5.54. The van der Waals surface area contributed by atoms with Gasteiger partial charge in [-0.3, -0.25) is 9.91 Å². The van der Waals surface area contributed by atoms with Gasteiger partial charge in [0.05, 0.1) is 7.11 Å². The predicted octanol–water partition coefficient (Wildman–Crippen LogP) is 2.94. The molecule has 0 spiro atoms. The van der Waals surface area contributed by atoms with E-state index in [1.807, 2.05) is 54.5 Å². The van der Waals surface area contributed by atoms with Crippen molar-refractivity contribution in [3.05, 3.63) is 60.2 Å². The van der Waals surface area contributed by atoms with Crippen molar-refractivity contribution < 1.29 is 4.74 Å². The monoisotopic (exact) mass is 299 g/mol. The van der Waals surface area contributed by atoms with Gasteiger partial charge in [0, 0.05) is 12.7 Å². The Balaban J connectivity index is 1.97. The lowest BCUT2D eigenvalue weighted by atomic mass is 10.1. The van der Waals surface area contributed by atoms with Gasteiger partial charge in [-0.15, -0.1) is 0 Å². The second-order valence-corrected chi connectivity index (χ2v) is 5.22. The Bertz CT molecular complexity index is 630. The van der Waals surface area contributed by atoms with Crippen LogP contribution in [0.15, 0.2) is 54.6 Å². The van der Waals surface area contributed by atoms with Gasteiger partial charge in [-0.05, 0) is 42.0 Å². The minimum Gasteiger partial charge on any atom is -0.497 e. The maximum absolute atomic E-state index is 5.54. The molecule has 2 aromatic carbocycles. The molecule has 1 atom stereocenters. The molecule has 21 heavy (non-hydrogen) atoms. The number of nitrogens with zero attached hydrogens (tertiary/aromatic N) is 2. The van der Waals surface area contributed by atoms with Gasteiger partial charge in [0.25, 0.3) is 0 Å². The lowest BCUT2D eigenvalue weighted by molar-refractivity contribution is 0.368. The first-order chi connectivity index (χ1) is 10.2. The quantitative estimate of drug-likeness (QED) is 0.880. The van der Waals surface area contributed by atoms with Crippen molar-refractivity contribution in [1.82, 2.24) is 10.4 Å². The lowest BCUT2D eigenvalue weighted by Crippen LogP contribution is -2.30. The van der Waals surface area contributed by atoms with Crippen LogP contribution in [0.4, 0.5) is 5.69 Å². The molecule has 1 unspecified atom stereocenters. The van der Waals surface area contributed by atoms with Crippen LogP contribution < -0.4 is 15.1 Å². The number of methoxy groups -OCH3 is 1. The standard InChI is InChI=1S/C16H17N3OS/c1-18-16(21)19(13-6-4-3-5-7-13)15(17-18)12-8-10-14(20-2)11-9-12/h3-11,15,17H,1-2H3. The van der Waals surface area contributed by atoms with E-state index in [4.69, 9.17) is 17.0 Å². The van der Waals surface area contributed by atoms with Gasteiger partial charge in [-0.25, -0.2) is 5.43 Å². The first-order valence-corrected chi connectivity index (χ1v) is 7.13. The van der Waals surface area contributed by atoms with Crippen LogP contribution in [0.1, 0.15) is 11.7 Å². The zero-order valence-corrected chi connectivity index (χ0v) is 12.8. The fourth-order valence-corrected chi connectivity index (χ4v) is 2.69. The van der Waals surface area contributed by atoms with Crippen LogP contribution in [0.3, 0.4) is 0 Å². The van der Waals surface area contributed by atoms with Crippen LogP contribution in [-0.2, 0) is 0 Å². The number of para-hydroxylation sites is 1. The number of nitrogens with one attached hydrogen (secondary N) is 1. The number of benzene rings is 2. The van der Waals surface area contributed by atoms with Crippen molar-refractivity contribution in [3.8, 4) is 5.75 Å². The van der Waals surface area contributed by atoms with E-state index in [0.29, 0.717) is 0 Å². The van der Waals surface area contributed by atoms with E-state index in [1.54, 1.807) is 7.11 Å². The first-order valence-electron chi connectivity index (χ1n) is 6.73. The fourth-order valence-electron chi connectivity index (χ4n) is 2.43.